The Morgan fingerprint density at radius 2 is 1.15 bits per heavy atom. The third-order valence-electron chi connectivity index (χ3n) is 11.1. The van der Waals surface area contributed by atoms with Crippen LogP contribution in [0.2, 0.25) is 0 Å². The van der Waals surface area contributed by atoms with Crippen LogP contribution in [0.4, 0.5) is 22.7 Å². The second-order valence-corrected chi connectivity index (χ2v) is 14.6. The molecule has 1 heterocycles. The zero-order chi connectivity index (χ0) is 35.5. The van der Waals surface area contributed by atoms with Crippen LogP contribution in [0.15, 0.2) is 182 Å². The maximum absolute atomic E-state index is 6.36. The van der Waals surface area contributed by atoms with Crippen LogP contribution in [0.3, 0.4) is 0 Å². The van der Waals surface area contributed by atoms with E-state index in [1.165, 1.54) is 38.8 Å². The zero-order valence-electron chi connectivity index (χ0n) is 29.8. The van der Waals surface area contributed by atoms with Crippen LogP contribution in [0, 0.1) is 0 Å². The van der Waals surface area contributed by atoms with Crippen LogP contribution < -0.4 is 15.0 Å². The molecule has 53 heavy (non-hydrogen) atoms. The average molecular weight is 683 g/mol. The summed E-state index contributed by atoms with van der Waals surface area (Å²) in [6.45, 7) is 4.68. The van der Waals surface area contributed by atoms with E-state index in [9.17, 15) is 0 Å². The molecule has 0 saturated carbocycles. The zero-order valence-corrected chi connectivity index (χ0v) is 29.8. The van der Waals surface area contributed by atoms with Gasteiger partial charge in [0.15, 0.2) is 6.23 Å². The van der Waals surface area contributed by atoms with Gasteiger partial charge in [-0.2, -0.15) is 0 Å². The first-order chi connectivity index (χ1) is 26.0. The summed E-state index contributed by atoms with van der Waals surface area (Å²) in [6, 6.07) is 65.6. The van der Waals surface area contributed by atoms with Gasteiger partial charge in [0.25, 0.3) is 0 Å². The van der Waals surface area contributed by atoms with Crippen LogP contribution in [0.25, 0.3) is 44.2 Å². The number of benzene rings is 8. The molecule has 1 unspecified atom stereocenters. The highest BCUT2D eigenvalue weighted by Gasteiger charge is 2.35. The molecule has 0 bridgehead atoms. The van der Waals surface area contributed by atoms with Gasteiger partial charge in [0, 0.05) is 33.3 Å². The maximum Gasteiger partial charge on any atom is 0.196 e. The van der Waals surface area contributed by atoms with Crippen molar-refractivity contribution < 1.29 is 4.74 Å². The minimum absolute atomic E-state index is 0.0526. The highest BCUT2D eigenvalue weighted by atomic mass is 16.5. The first-order valence-corrected chi connectivity index (χ1v) is 18.4. The summed E-state index contributed by atoms with van der Waals surface area (Å²) in [5.74, 6) is 0.881. The summed E-state index contributed by atoms with van der Waals surface area (Å²) in [6.07, 6.45) is -0.205. The number of para-hydroxylation sites is 1. The predicted octanol–water partition coefficient (Wildman–Crippen LogP) is 13.5. The molecule has 1 aliphatic heterocycles. The molecule has 10 rings (SSSR count). The molecule has 0 fully saturated rings. The Kier molecular flexibility index (Phi) is 7.23. The lowest BCUT2D eigenvalue weighted by molar-refractivity contribution is 0.260. The Morgan fingerprint density at radius 3 is 1.96 bits per heavy atom. The van der Waals surface area contributed by atoms with Crippen molar-refractivity contribution in [3.8, 4) is 39.1 Å². The molecule has 1 N–H and O–H groups in total. The van der Waals surface area contributed by atoms with Crippen molar-refractivity contribution in [2.45, 2.75) is 25.5 Å². The third kappa shape index (κ3) is 5.19. The van der Waals surface area contributed by atoms with E-state index in [2.05, 4.69) is 200 Å². The van der Waals surface area contributed by atoms with Gasteiger partial charge in [-0.25, -0.2) is 0 Å². The second kappa shape index (κ2) is 12.3. The maximum atomic E-state index is 6.36. The third-order valence-corrected chi connectivity index (χ3v) is 11.1. The van der Waals surface area contributed by atoms with E-state index < -0.39 is 0 Å². The Balaban J connectivity index is 1.07. The molecule has 2 aliphatic rings. The highest BCUT2D eigenvalue weighted by molar-refractivity contribution is 6.00. The molecule has 0 amide bonds. The van der Waals surface area contributed by atoms with Crippen molar-refractivity contribution in [1.82, 2.24) is 0 Å². The number of rotatable bonds is 6. The molecule has 1 aliphatic carbocycles. The van der Waals surface area contributed by atoms with Gasteiger partial charge in [0.1, 0.15) is 5.75 Å². The largest absolute Gasteiger partial charge is 0.464 e. The number of hydrogen-bond donors (Lipinski definition) is 1. The number of hydrogen-bond acceptors (Lipinski definition) is 3. The van der Waals surface area contributed by atoms with Crippen LogP contribution in [-0.2, 0) is 5.41 Å². The highest BCUT2D eigenvalue weighted by Crippen LogP contribution is 2.51. The average Bonchev–Trinajstić information content (AvgIpc) is 3.76. The standard InChI is InChI=1S/C50H38N2O/c1-50(2)44-19-11-9-18-41(44)43-32-39(28-29-45(43)50)52(46-20-12-10-17-40(46)34-13-5-3-6-14-34)38-26-23-33(24-27-38)37-22-21-35-25-30-47-48(42(35)31-37)51-49(53-47)36-15-7-4-8-16-36/h3-32,49,51H,1-2H3. The molecule has 3 nitrogen and oxygen atoms in total. The second-order valence-electron chi connectivity index (χ2n) is 14.6. The van der Waals surface area contributed by atoms with Gasteiger partial charge in [-0.1, -0.05) is 153 Å². The smallest absolute Gasteiger partial charge is 0.196 e. The molecule has 1 atom stereocenters. The van der Waals surface area contributed by atoms with Gasteiger partial charge in [-0.3, -0.25) is 0 Å². The lowest BCUT2D eigenvalue weighted by Gasteiger charge is -2.29. The van der Waals surface area contributed by atoms with Crippen molar-refractivity contribution in [3.63, 3.8) is 0 Å². The fourth-order valence-corrected chi connectivity index (χ4v) is 8.40. The first kappa shape index (κ1) is 31.2. The van der Waals surface area contributed by atoms with E-state index in [1.807, 2.05) is 6.07 Å². The number of nitrogens with one attached hydrogen (secondary N) is 1. The Bertz CT molecular complexity index is 2650. The summed E-state index contributed by atoms with van der Waals surface area (Å²) in [5, 5.41) is 5.99. The number of anilines is 4. The van der Waals surface area contributed by atoms with E-state index in [1.54, 1.807) is 0 Å². The van der Waals surface area contributed by atoms with Crippen LogP contribution in [0.5, 0.6) is 5.75 Å². The topological polar surface area (TPSA) is 24.5 Å². The molecule has 0 spiro atoms. The van der Waals surface area contributed by atoms with Gasteiger partial charge in [-0.15, -0.1) is 0 Å². The van der Waals surface area contributed by atoms with E-state index >= 15 is 0 Å². The predicted molar refractivity (Wildman–Crippen MR) is 221 cm³/mol. The van der Waals surface area contributed by atoms with Crippen molar-refractivity contribution >= 4 is 33.5 Å². The summed E-state index contributed by atoms with van der Waals surface area (Å²) in [7, 11) is 0. The molecule has 0 radical (unpaired) electrons. The van der Waals surface area contributed by atoms with E-state index in [-0.39, 0.29) is 11.6 Å². The Morgan fingerprint density at radius 1 is 0.509 bits per heavy atom. The van der Waals surface area contributed by atoms with Crippen LogP contribution in [-0.4, -0.2) is 0 Å². The fraction of sp³-hybridized carbons (Fsp3) is 0.0800. The van der Waals surface area contributed by atoms with E-state index in [4.69, 9.17) is 4.74 Å². The molecule has 8 aromatic carbocycles. The first-order valence-electron chi connectivity index (χ1n) is 18.4. The molecule has 3 heteroatoms. The van der Waals surface area contributed by atoms with Gasteiger partial charge in [-0.05, 0) is 86.8 Å². The van der Waals surface area contributed by atoms with Gasteiger partial charge in [0.2, 0.25) is 0 Å². The lowest BCUT2D eigenvalue weighted by atomic mass is 9.82. The van der Waals surface area contributed by atoms with Crippen molar-refractivity contribution in [2.75, 3.05) is 10.2 Å². The molecular formula is C50H38N2O. The molecule has 8 aromatic rings. The molecular weight excluding hydrogens is 645 g/mol. The van der Waals surface area contributed by atoms with Crippen LogP contribution in [0.1, 0.15) is 36.8 Å². The van der Waals surface area contributed by atoms with Gasteiger partial charge < -0.3 is 15.0 Å². The number of nitrogens with zero attached hydrogens (tertiary/aromatic N) is 1. The number of fused-ring (bicyclic) bond motifs is 6. The van der Waals surface area contributed by atoms with E-state index in [0.29, 0.717) is 0 Å². The molecule has 0 aromatic heterocycles. The van der Waals surface area contributed by atoms with Crippen molar-refractivity contribution in [1.29, 1.82) is 0 Å². The normalized spacial score (nSPS) is 14.9. The van der Waals surface area contributed by atoms with Crippen molar-refractivity contribution in [3.05, 3.63) is 199 Å². The Hall–Kier alpha value is -6.58. The minimum atomic E-state index is -0.205. The number of ether oxygens (including phenoxy) is 1. The summed E-state index contributed by atoms with van der Waals surface area (Å²) in [5.41, 5.74) is 15.5. The monoisotopic (exact) mass is 682 g/mol. The minimum Gasteiger partial charge on any atom is -0.464 e. The summed E-state index contributed by atoms with van der Waals surface area (Å²) in [4.78, 5) is 2.42. The summed E-state index contributed by atoms with van der Waals surface area (Å²) < 4.78 is 6.36. The van der Waals surface area contributed by atoms with E-state index in [0.717, 1.165) is 50.6 Å². The molecule has 254 valence electrons. The van der Waals surface area contributed by atoms with Gasteiger partial charge >= 0.3 is 0 Å². The Labute approximate surface area is 310 Å². The van der Waals surface area contributed by atoms with Crippen molar-refractivity contribution in [2.24, 2.45) is 0 Å². The molecule has 0 saturated heterocycles. The fourth-order valence-electron chi connectivity index (χ4n) is 8.40. The van der Waals surface area contributed by atoms with Crippen LogP contribution >= 0.6 is 0 Å². The SMILES string of the molecule is CC1(C)c2ccccc2-c2cc(N(c3ccc(-c4ccc5ccc6c(c5c4)NC(c4ccccc4)O6)cc3)c3ccccc3-c3ccccc3)ccc21. The summed E-state index contributed by atoms with van der Waals surface area (Å²) >= 11 is 0. The van der Waals surface area contributed by atoms with Gasteiger partial charge in [0.05, 0.1) is 11.4 Å². The quantitative estimate of drug-likeness (QED) is 0.189. The lowest BCUT2D eigenvalue weighted by Crippen LogP contribution is -2.15.